The fourth-order valence-electron chi connectivity index (χ4n) is 5.25. The fraction of sp³-hybridized carbons (Fsp3) is 0.222. The second kappa shape index (κ2) is 7.49. The summed E-state index contributed by atoms with van der Waals surface area (Å²) in [6.45, 7) is 6.36. The molecule has 3 heteroatoms. The van der Waals surface area contributed by atoms with Gasteiger partial charge in [0.2, 0.25) is 5.91 Å². The van der Waals surface area contributed by atoms with Crippen molar-refractivity contribution >= 4 is 11.6 Å². The zero-order valence-corrected chi connectivity index (χ0v) is 17.1. The van der Waals surface area contributed by atoms with E-state index in [0.717, 1.165) is 30.8 Å². The summed E-state index contributed by atoms with van der Waals surface area (Å²) in [6.07, 6.45) is 2.80. The summed E-state index contributed by atoms with van der Waals surface area (Å²) in [5.41, 5.74) is 4.16. The van der Waals surface area contributed by atoms with Gasteiger partial charge in [-0.3, -0.25) is 4.79 Å². The molecule has 1 saturated heterocycles. The van der Waals surface area contributed by atoms with Crippen LogP contribution in [0, 0.1) is 0 Å². The third-order valence-corrected chi connectivity index (χ3v) is 6.61. The molecule has 0 unspecified atom stereocenters. The van der Waals surface area contributed by atoms with Gasteiger partial charge >= 0.3 is 0 Å². The van der Waals surface area contributed by atoms with Crippen LogP contribution in [0.2, 0.25) is 0 Å². The zero-order chi connectivity index (χ0) is 20.6. The Morgan fingerprint density at radius 3 is 2.13 bits per heavy atom. The number of likely N-dealkylation sites (tertiary alicyclic amines) is 1. The van der Waals surface area contributed by atoms with E-state index in [-0.39, 0.29) is 11.9 Å². The Hall–Kier alpha value is -3.33. The Kier molecular flexibility index (Phi) is 4.66. The Morgan fingerprint density at radius 1 is 0.867 bits per heavy atom. The maximum absolute atomic E-state index is 13.9. The van der Waals surface area contributed by atoms with Gasteiger partial charge in [-0.05, 0) is 29.2 Å². The number of nitrogens with zero attached hydrogens (tertiary/aromatic N) is 2. The second-order valence-electron chi connectivity index (χ2n) is 8.24. The Labute approximate surface area is 178 Å². The number of rotatable bonds is 5. The van der Waals surface area contributed by atoms with Crippen molar-refractivity contribution in [1.29, 1.82) is 0 Å². The van der Waals surface area contributed by atoms with Crippen molar-refractivity contribution in [3.8, 4) is 0 Å². The van der Waals surface area contributed by atoms with Crippen LogP contribution >= 0.6 is 0 Å². The van der Waals surface area contributed by atoms with E-state index < -0.39 is 5.41 Å². The Morgan fingerprint density at radius 2 is 1.47 bits per heavy atom. The molecule has 0 aromatic heterocycles. The van der Waals surface area contributed by atoms with Crippen LogP contribution in [0.15, 0.2) is 97.6 Å². The van der Waals surface area contributed by atoms with Gasteiger partial charge in [0.05, 0.1) is 6.04 Å². The minimum absolute atomic E-state index is 0.0524. The summed E-state index contributed by atoms with van der Waals surface area (Å²) in [5.74, 6) is 0.222. The highest BCUT2D eigenvalue weighted by molar-refractivity contribution is 5.96. The molecule has 0 saturated carbocycles. The number of carbonyl (C=O) groups excluding carboxylic acids is 1. The predicted octanol–water partition coefficient (Wildman–Crippen LogP) is 4.93. The van der Waals surface area contributed by atoms with Gasteiger partial charge in [0.25, 0.3) is 0 Å². The van der Waals surface area contributed by atoms with Gasteiger partial charge < -0.3 is 9.80 Å². The first kappa shape index (κ1) is 18.7. The maximum atomic E-state index is 13.9. The van der Waals surface area contributed by atoms with Crippen LogP contribution in [-0.4, -0.2) is 23.4 Å². The standard InChI is InChI=1S/C27H26N2O/c1-2-25-27(17-18-28(26(27)30)19-21-11-5-3-6-12-21)23-15-9-10-16-24(23)29(25)20-22-13-7-4-8-14-22/h2-16,25H,1,17-20H2/t25-,27-/m1/s1. The maximum Gasteiger partial charge on any atom is 0.236 e. The summed E-state index contributed by atoms with van der Waals surface area (Å²) in [6, 6.07) is 29.1. The fourth-order valence-corrected chi connectivity index (χ4v) is 5.25. The van der Waals surface area contributed by atoms with Gasteiger partial charge in [-0.2, -0.15) is 0 Å². The molecule has 0 bridgehead atoms. The normalized spacial score (nSPS) is 22.5. The summed E-state index contributed by atoms with van der Waals surface area (Å²) < 4.78 is 0. The number of para-hydroxylation sites is 1. The summed E-state index contributed by atoms with van der Waals surface area (Å²) >= 11 is 0. The van der Waals surface area contributed by atoms with E-state index in [2.05, 4.69) is 72.1 Å². The third-order valence-electron chi connectivity index (χ3n) is 6.61. The molecule has 2 aliphatic rings. The molecule has 3 aromatic rings. The molecule has 1 spiro atoms. The van der Waals surface area contributed by atoms with Gasteiger partial charge in [-0.1, -0.05) is 84.9 Å². The van der Waals surface area contributed by atoms with Crippen LogP contribution < -0.4 is 4.90 Å². The van der Waals surface area contributed by atoms with Crippen molar-refractivity contribution in [3.63, 3.8) is 0 Å². The molecule has 150 valence electrons. The second-order valence-corrected chi connectivity index (χ2v) is 8.24. The molecular formula is C27H26N2O. The molecule has 3 nitrogen and oxygen atoms in total. The van der Waals surface area contributed by atoms with E-state index in [1.807, 2.05) is 35.2 Å². The molecule has 3 aromatic carbocycles. The van der Waals surface area contributed by atoms with Crippen LogP contribution in [0.1, 0.15) is 23.1 Å². The minimum atomic E-state index is -0.554. The molecule has 2 aliphatic heterocycles. The molecule has 30 heavy (non-hydrogen) atoms. The first-order chi connectivity index (χ1) is 14.7. The van der Waals surface area contributed by atoms with Crippen LogP contribution in [0.5, 0.6) is 0 Å². The molecular weight excluding hydrogens is 368 g/mol. The predicted molar refractivity (Wildman–Crippen MR) is 121 cm³/mol. The minimum Gasteiger partial charge on any atom is -0.359 e. The lowest BCUT2D eigenvalue weighted by Gasteiger charge is -2.33. The third kappa shape index (κ3) is 2.85. The Balaban J connectivity index is 1.53. The number of hydrogen-bond donors (Lipinski definition) is 0. The quantitative estimate of drug-likeness (QED) is 0.573. The number of hydrogen-bond acceptors (Lipinski definition) is 2. The van der Waals surface area contributed by atoms with E-state index >= 15 is 0 Å². The zero-order valence-electron chi connectivity index (χ0n) is 17.1. The van der Waals surface area contributed by atoms with Crippen LogP contribution in [0.25, 0.3) is 0 Å². The largest absolute Gasteiger partial charge is 0.359 e. The van der Waals surface area contributed by atoms with Crippen molar-refractivity contribution in [2.45, 2.75) is 31.0 Å². The van der Waals surface area contributed by atoms with E-state index in [0.29, 0.717) is 6.54 Å². The highest BCUT2D eigenvalue weighted by atomic mass is 16.2. The first-order valence-electron chi connectivity index (χ1n) is 10.6. The molecule has 0 radical (unpaired) electrons. The summed E-state index contributed by atoms with van der Waals surface area (Å²) in [7, 11) is 0. The van der Waals surface area contributed by atoms with Crippen molar-refractivity contribution in [2.75, 3.05) is 11.4 Å². The molecule has 2 heterocycles. The van der Waals surface area contributed by atoms with Gasteiger partial charge in [-0.25, -0.2) is 0 Å². The van der Waals surface area contributed by atoms with Gasteiger partial charge in [0.1, 0.15) is 5.41 Å². The van der Waals surface area contributed by atoms with E-state index in [1.54, 1.807) is 0 Å². The van der Waals surface area contributed by atoms with Gasteiger partial charge in [0.15, 0.2) is 0 Å². The van der Waals surface area contributed by atoms with Crippen LogP contribution in [-0.2, 0) is 23.3 Å². The van der Waals surface area contributed by atoms with E-state index in [9.17, 15) is 4.79 Å². The van der Waals surface area contributed by atoms with Crippen molar-refractivity contribution in [3.05, 3.63) is 114 Å². The molecule has 2 atom stereocenters. The summed E-state index contributed by atoms with van der Waals surface area (Å²) in [5, 5.41) is 0. The Bertz CT molecular complexity index is 1060. The molecule has 1 fully saturated rings. The average molecular weight is 395 g/mol. The van der Waals surface area contributed by atoms with E-state index in [1.165, 1.54) is 11.1 Å². The number of anilines is 1. The smallest absolute Gasteiger partial charge is 0.236 e. The van der Waals surface area contributed by atoms with Crippen molar-refractivity contribution in [1.82, 2.24) is 4.90 Å². The average Bonchev–Trinajstić information content (AvgIpc) is 3.25. The summed E-state index contributed by atoms with van der Waals surface area (Å²) in [4.78, 5) is 18.3. The van der Waals surface area contributed by atoms with Crippen LogP contribution in [0.4, 0.5) is 5.69 Å². The molecule has 5 rings (SSSR count). The number of carbonyl (C=O) groups is 1. The lowest BCUT2D eigenvalue weighted by molar-refractivity contribution is -0.133. The number of fused-ring (bicyclic) bond motifs is 2. The van der Waals surface area contributed by atoms with Crippen molar-refractivity contribution in [2.24, 2.45) is 0 Å². The van der Waals surface area contributed by atoms with Crippen LogP contribution in [0.3, 0.4) is 0 Å². The topological polar surface area (TPSA) is 23.6 Å². The lowest BCUT2D eigenvalue weighted by Crippen LogP contribution is -2.48. The monoisotopic (exact) mass is 394 g/mol. The van der Waals surface area contributed by atoms with Crippen molar-refractivity contribution < 1.29 is 4.79 Å². The van der Waals surface area contributed by atoms with Gasteiger partial charge in [0, 0.05) is 25.3 Å². The molecule has 1 amide bonds. The lowest BCUT2D eigenvalue weighted by atomic mass is 9.75. The highest BCUT2D eigenvalue weighted by Crippen LogP contribution is 2.52. The number of benzene rings is 3. The first-order valence-corrected chi connectivity index (χ1v) is 10.6. The highest BCUT2D eigenvalue weighted by Gasteiger charge is 2.58. The SMILES string of the molecule is C=C[C@H]1N(Cc2ccccc2)c2ccccc2[C@]12CCN(Cc1ccccc1)C2=O. The number of amides is 1. The molecule has 0 N–H and O–H groups in total. The van der Waals surface area contributed by atoms with E-state index in [4.69, 9.17) is 0 Å². The van der Waals surface area contributed by atoms with Gasteiger partial charge in [-0.15, -0.1) is 6.58 Å². The molecule has 0 aliphatic carbocycles.